The molecule has 0 aliphatic carbocycles. The average molecular weight is 401 g/mol. The van der Waals surface area contributed by atoms with Gasteiger partial charge in [-0.3, -0.25) is 4.79 Å². The van der Waals surface area contributed by atoms with Crippen LogP contribution in [-0.4, -0.2) is 38.3 Å². The third-order valence-electron chi connectivity index (χ3n) is 5.27. The van der Waals surface area contributed by atoms with Crippen molar-refractivity contribution < 1.29 is 13.2 Å². The molecule has 0 saturated carbocycles. The van der Waals surface area contributed by atoms with E-state index in [0.29, 0.717) is 37.4 Å². The van der Waals surface area contributed by atoms with Crippen LogP contribution in [0.2, 0.25) is 0 Å². The maximum Gasteiger partial charge on any atom is 0.243 e. The zero-order valence-corrected chi connectivity index (χ0v) is 17.1. The van der Waals surface area contributed by atoms with Crippen molar-refractivity contribution in [3.8, 4) is 0 Å². The summed E-state index contributed by atoms with van der Waals surface area (Å²) in [5, 5.41) is 3.01. The van der Waals surface area contributed by atoms with Gasteiger partial charge < -0.3 is 5.32 Å². The van der Waals surface area contributed by atoms with Crippen molar-refractivity contribution in [2.24, 2.45) is 5.92 Å². The van der Waals surface area contributed by atoms with Gasteiger partial charge in [0, 0.05) is 25.6 Å². The molecule has 0 aromatic heterocycles. The van der Waals surface area contributed by atoms with Crippen LogP contribution < -0.4 is 5.32 Å². The molecule has 1 fully saturated rings. The number of hydrogen-bond donors (Lipinski definition) is 1. The maximum atomic E-state index is 12.7. The average Bonchev–Trinajstić information content (AvgIpc) is 2.73. The van der Waals surface area contributed by atoms with Gasteiger partial charge in [0.05, 0.1) is 4.90 Å². The smallest absolute Gasteiger partial charge is 0.243 e. The predicted octanol–water partition coefficient (Wildman–Crippen LogP) is 3.14. The summed E-state index contributed by atoms with van der Waals surface area (Å²) >= 11 is 0. The second-order valence-corrected chi connectivity index (χ2v) is 9.31. The van der Waals surface area contributed by atoms with E-state index in [4.69, 9.17) is 0 Å². The molecule has 1 N–H and O–H groups in total. The van der Waals surface area contributed by atoms with Crippen molar-refractivity contribution in [2.75, 3.05) is 19.6 Å². The Morgan fingerprint density at radius 3 is 2.32 bits per heavy atom. The first-order chi connectivity index (χ1) is 13.5. The van der Waals surface area contributed by atoms with Crippen LogP contribution in [0.4, 0.5) is 0 Å². The highest BCUT2D eigenvalue weighted by Gasteiger charge is 2.31. The molecule has 1 amide bonds. The van der Waals surface area contributed by atoms with Crippen LogP contribution >= 0.6 is 0 Å². The lowest BCUT2D eigenvalue weighted by atomic mass is 9.97. The van der Waals surface area contributed by atoms with Crippen LogP contribution in [0.25, 0.3) is 0 Å². The maximum absolute atomic E-state index is 12.7. The zero-order valence-electron chi connectivity index (χ0n) is 16.3. The molecule has 0 atom stereocenters. The van der Waals surface area contributed by atoms with E-state index in [0.717, 1.165) is 12.8 Å². The first-order valence-electron chi connectivity index (χ1n) is 9.85. The van der Waals surface area contributed by atoms with Gasteiger partial charge in [0.1, 0.15) is 0 Å². The summed E-state index contributed by atoms with van der Waals surface area (Å²) in [4.78, 5) is 12.7. The Kier molecular flexibility index (Phi) is 6.86. The van der Waals surface area contributed by atoms with Gasteiger partial charge in [-0.15, -0.1) is 0 Å². The normalized spacial score (nSPS) is 16.0. The number of rotatable bonds is 7. The highest BCUT2D eigenvalue weighted by molar-refractivity contribution is 7.89. The summed E-state index contributed by atoms with van der Waals surface area (Å²) in [5.41, 5.74) is 2.52. The number of carbonyl (C=O) groups is 1. The van der Waals surface area contributed by atoms with Gasteiger partial charge in [-0.2, -0.15) is 4.31 Å². The van der Waals surface area contributed by atoms with Crippen molar-refractivity contribution in [1.29, 1.82) is 0 Å². The van der Waals surface area contributed by atoms with E-state index in [1.54, 1.807) is 30.3 Å². The van der Waals surface area contributed by atoms with E-state index < -0.39 is 10.0 Å². The number of piperidine rings is 1. The Balaban J connectivity index is 1.42. The topological polar surface area (TPSA) is 66.5 Å². The summed E-state index contributed by atoms with van der Waals surface area (Å²) in [6.45, 7) is 3.49. The number of sulfonamides is 1. The molecular weight excluding hydrogens is 372 g/mol. The molecule has 6 heteroatoms. The molecule has 28 heavy (non-hydrogen) atoms. The monoisotopic (exact) mass is 400 g/mol. The number of nitrogens with zero attached hydrogens (tertiary/aromatic N) is 1. The van der Waals surface area contributed by atoms with E-state index in [-0.39, 0.29) is 11.8 Å². The molecule has 3 rings (SSSR count). The van der Waals surface area contributed by atoms with Crippen LogP contribution in [0.1, 0.15) is 30.4 Å². The molecule has 0 spiro atoms. The summed E-state index contributed by atoms with van der Waals surface area (Å²) < 4.78 is 26.8. The molecule has 2 aromatic rings. The van der Waals surface area contributed by atoms with Gasteiger partial charge in [-0.05, 0) is 50.3 Å². The fourth-order valence-electron chi connectivity index (χ4n) is 3.50. The molecule has 1 aliphatic heterocycles. The molecule has 1 aliphatic rings. The fourth-order valence-corrected chi connectivity index (χ4v) is 4.99. The number of nitrogens with one attached hydrogen (secondary N) is 1. The Morgan fingerprint density at radius 2 is 1.68 bits per heavy atom. The summed E-state index contributed by atoms with van der Waals surface area (Å²) in [7, 11) is -3.46. The van der Waals surface area contributed by atoms with Gasteiger partial charge in [-0.1, -0.05) is 48.0 Å². The lowest BCUT2D eigenvalue weighted by molar-refractivity contribution is -0.126. The highest BCUT2D eigenvalue weighted by atomic mass is 32.2. The molecule has 1 saturated heterocycles. The molecule has 150 valence electrons. The molecule has 1 heterocycles. The summed E-state index contributed by atoms with van der Waals surface area (Å²) in [5.74, 6) is -0.0673. The van der Waals surface area contributed by atoms with E-state index in [2.05, 4.69) is 36.5 Å². The van der Waals surface area contributed by atoms with Crippen LogP contribution in [0.3, 0.4) is 0 Å². The third kappa shape index (κ3) is 5.20. The van der Waals surface area contributed by atoms with Crippen LogP contribution in [0.5, 0.6) is 0 Å². The van der Waals surface area contributed by atoms with Gasteiger partial charge in [-0.25, -0.2) is 8.42 Å². The van der Waals surface area contributed by atoms with E-state index in [1.807, 2.05) is 0 Å². The first-order valence-corrected chi connectivity index (χ1v) is 11.3. The highest BCUT2D eigenvalue weighted by Crippen LogP contribution is 2.23. The van der Waals surface area contributed by atoms with E-state index in [9.17, 15) is 13.2 Å². The largest absolute Gasteiger partial charge is 0.356 e. The Labute approximate surface area is 167 Å². The minimum Gasteiger partial charge on any atom is -0.356 e. The van der Waals surface area contributed by atoms with Gasteiger partial charge >= 0.3 is 0 Å². The predicted molar refractivity (Wildman–Crippen MR) is 110 cm³/mol. The van der Waals surface area contributed by atoms with Crippen molar-refractivity contribution in [3.63, 3.8) is 0 Å². The molecule has 0 radical (unpaired) electrons. The van der Waals surface area contributed by atoms with Gasteiger partial charge in [0.25, 0.3) is 0 Å². The standard InChI is InChI=1S/C22H28N2O3S/c1-18-9-11-19(12-10-18)6-5-15-23-22(25)20-13-16-24(17-14-20)28(26,27)21-7-3-2-4-8-21/h2-4,7-12,20H,5-6,13-17H2,1H3,(H,23,25). The van der Waals surface area contributed by atoms with Gasteiger partial charge in [0.15, 0.2) is 0 Å². The summed E-state index contributed by atoms with van der Waals surface area (Å²) in [6.07, 6.45) is 2.97. The lowest BCUT2D eigenvalue weighted by Crippen LogP contribution is -2.43. The van der Waals surface area contributed by atoms with Gasteiger partial charge in [0.2, 0.25) is 15.9 Å². The number of carbonyl (C=O) groups excluding carboxylic acids is 1. The van der Waals surface area contributed by atoms with Crippen molar-refractivity contribution in [2.45, 2.75) is 37.5 Å². The number of aryl methyl sites for hydroxylation is 2. The zero-order chi connectivity index (χ0) is 20.0. The second kappa shape index (κ2) is 9.34. The number of amides is 1. The van der Waals surface area contributed by atoms with E-state index >= 15 is 0 Å². The van der Waals surface area contributed by atoms with E-state index in [1.165, 1.54) is 15.4 Å². The molecular formula is C22H28N2O3S. The second-order valence-electron chi connectivity index (χ2n) is 7.37. The minimum atomic E-state index is -3.46. The van der Waals surface area contributed by atoms with Crippen molar-refractivity contribution in [3.05, 3.63) is 65.7 Å². The number of benzene rings is 2. The molecule has 2 aromatic carbocycles. The molecule has 0 unspecified atom stereocenters. The van der Waals surface area contributed by atoms with Crippen molar-refractivity contribution in [1.82, 2.24) is 9.62 Å². The first kappa shape index (κ1) is 20.6. The Bertz CT molecular complexity index is 872. The Hall–Kier alpha value is -2.18. The SMILES string of the molecule is Cc1ccc(CCCNC(=O)C2CCN(S(=O)(=O)c3ccccc3)CC2)cc1. The quantitative estimate of drug-likeness (QED) is 0.726. The van der Waals surface area contributed by atoms with Crippen molar-refractivity contribution >= 4 is 15.9 Å². The minimum absolute atomic E-state index is 0.0423. The number of hydrogen-bond acceptors (Lipinski definition) is 3. The lowest BCUT2D eigenvalue weighted by Gasteiger charge is -2.30. The Morgan fingerprint density at radius 1 is 1.04 bits per heavy atom. The third-order valence-corrected chi connectivity index (χ3v) is 7.18. The molecule has 5 nitrogen and oxygen atoms in total. The van der Waals surface area contributed by atoms with Crippen LogP contribution in [0, 0.1) is 12.8 Å². The fraction of sp³-hybridized carbons (Fsp3) is 0.409. The van der Waals surface area contributed by atoms with Crippen LogP contribution in [-0.2, 0) is 21.2 Å². The van der Waals surface area contributed by atoms with Crippen LogP contribution in [0.15, 0.2) is 59.5 Å². The summed E-state index contributed by atoms with van der Waals surface area (Å²) in [6, 6.07) is 16.9. The molecule has 0 bridgehead atoms.